The second-order valence-electron chi connectivity index (χ2n) is 5.61. The first-order valence-electron chi connectivity index (χ1n) is 8.14. The molecule has 0 atom stereocenters. The first kappa shape index (κ1) is 17.0. The largest absolute Gasteiger partial charge is 0.300 e. The lowest BCUT2D eigenvalue weighted by atomic mass is 9.96. The third kappa shape index (κ3) is 5.13. The summed E-state index contributed by atoms with van der Waals surface area (Å²) < 4.78 is 0. The van der Waals surface area contributed by atoms with Gasteiger partial charge in [0, 0.05) is 6.54 Å². The zero-order chi connectivity index (χ0) is 15.0. The van der Waals surface area contributed by atoms with Crippen molar-refractivity contribution in [3.05, 3.63) is 47.0 Å². The molecule has 0 radical (unpaired) electrons. The Morgan fingerprint density at radius 2 is 1.80 bits per heavy atom. The molecule has 0 N–H and O–H groups in total. The first-order chi connectivity index (χ1) is 9.64. The van der Waals surface area contributed by atoms with Gasteiger partial charge in [0.1, 0.15) is 0 Å². The lowest BCUT2D eigenvalue weighted by molar-refractivity contribution is 0.311. The van der Waals surface area contributed by atoms with E-state index in [0.717, 1.165) is 32.4 Å². The summed E-state index contributed by atoms with van der Waals surface area (Å²) in [7, 11) is 0. The van der Waals surface area contributed by atoms with Gasteiger partial charge in [0.25, 0.3) is 0 Å². The standard InChI is InChI=1S/C19H31N/c1-6-12-20(9-4)15-16(5)13-19-11-10-17(7-2)14-18(19)8-3/h10-11,14H,5-9,12-13,15H2,1-4H3. The van der Waals surface area contributed by atoms with E-state index >= 15 is 0 Å². The van der Waals surface area contributed by atoms with E-state index in [2.05, 4.69) is 57.4 Å². The summed E-state index contributed by atoms with van der Waals surface area (Å²) in [4.78, 5) is 2.48. The molecule has 0 saturated heterocycles. The monoisotopic (exact) mass is 273 g/mol. The normalized spacial score (nSPS) is 11.1. The molecule has 20 heavy (non-hydrogen) atoms. The second kappa shape index (κ2) is 8.97. The zero-order valence-corrected chi connectivity index (χ0v) is 13.8. The van der Waals surface area contributed by atoms with Crippen molar-refractivity contribution >= 4 is 0 Å². The lowest BCUT2D eigenvalue weighted by Gasteiger charge is -2.21. The average molecular weight is 273 g/mol. The molecule has 0 bridgehead atoms. The van der Waals surface area contributed by atoms with Crippen LogP contribution in [0.5, 0.6) is 0 Å². The Hall–Kier alpha value is -1.08. The average Bonchev–Trinajstić information content (AvgIpc) is 2.47. The van der Waals surface area contributed by atoms with Crippen LogP contribution in [0.2, 0.25) is 0 Å². The molecule has 0 amide bonds. The van der Waals surface area contributed by atoms with Crippen LogP contribution < -0.4 is 0 Å². The van der Waals surface area contributed by atoms with Crippen LogP contribution in [0.4, 0.5) is 0 Å². The van der Waals surface area contributed by atoms with Crippen LogP contribution in [-0.4, -0.2) is 24.5 Å². The highest BCUT2D eigenvalue weighted by atomic mass is 15.1. The van der Waals surface area contributed by atoms with Crippen molar-refractivity contribution in [1.29, 1.82) is 0 Å². The Labute approximate surface area is 125 Å². The predicted molar refractivity (Wildman–Crippen MR) is 90.4 cm³/mol. The van der Waals surface area contributed by atoms with Crippen molar-refractivity contribution in [2.75, 3.05) is 19.6 Å². The lowest BCUT2D eigenvalue weighted by Crippen LogP contribution is -2.26. The number of rotatable bonds is 9. The van der Waals surface area contributed by atoms with Crippen LogP contribution in [0.15, 0.2) is 30.4 Å². The molecule has 1 nitrogen and oxygen atoms in total. The van der Waals surface area contributed by atoms with Crippen molar-refractivity contribution in [3.8, 4) is 0 Å². The van der Waals surface area contributed by atoms with Gasteiger partial charge in [-0.15, -0.1) is 0 Å². The second-order valence-corrected chi connectivity index (χ2v) is 5.61. The molecule has 0 aliphatic rings. The summed E-state index contributed by atoms with van der Waals surface area (Å²) in [5.41, 5.74) is 5.72. The van der Waals surface area contributed by atoms with E-state index in [1.807, 2.05) is 0 Å². The minimum Gasteiger partial charge on any atom is -0.300 e. The van der Waals surface area contributed by atoms with Crippen LogP contribution in [0, 0.1) is 0 Å². The molecule has 0 heterocycles. The Morgan fingerprint density at radius 3 is 2.35 bits per heavy atom. The fourth-order valence-electron chi connectivity index (χ4n) is 2.71. The van der Waals surface area contributed by atoms with Gasteiger partial charge in [-0.3, -0.25) is 4.90 Å². The van der Waals surface area contributed by atoms with Crippen LogP contribution in [-0.2, 0) is 19.3 Å². The SMILES string of the molecule is C=C(Cc1ccc(CC)cc1CC)CN(CC)CCC. The molecule has 1 aromatic carbocycles. The third-order valence-electron chi connectivity index (χ3n) is 3.93. The summed E-state index contributed by atoms with van der Waals surface area (Å²) in [5.74, 6) is 0. The van der Waals surface area contributed by atoms with E-state index < -0.39 is 0 Å². The number of benzene rings is 1. The quantitative estimate of drug-likeness (QED) is 0.592. The van der Waals surface area contributed by atoms with Gasteiger partial charge in [0.2, 0.25) is 0 Å². The smallest absolute Gasteiger partial charge is 0.0193 e. The summed E-state index contributed by atoms with van der Waals surface area (Å²) in [6, 6.07) is 6.94. The molecule has 112 valence electrons. The van der Waals surface area contributed by atoms with Crippen LogP contribution in [0.1, 0.15) is 50.8 Å². The van der Waals surface area contributed by atoms with Gasteiger partial charge >= 0.3 is 0 Å². The maximum absolute atomic E-state index is 4.30. The van der Waals surface area contributed by atoms with Crippen LogP contribution in [0.25, 0.3) is 0 Å². The fourth-order valence-corrected chi connectivity index (χ4v) is 2.71. The number of likely N-dealkylation sites (N-methyl/N-ethyl adjacent to an activating group) is 1. The molecule has 0 saturated carbocycles. The molecule has 0 unspecified atom stereocenters. The van der Waals surface area contributed by atoms with E-state index in [1.165, 1.54) is 35.2 Å². The van der Waals surface area contributed by atoms with Crippen LogP contribution >= 0.6 is 0 Å². The zero-order valence-electron chi connectivity index (χ0n) is 13.8. The molecule has 1 rings (SSSR count). The molecule has 0 aromatic heterocycles. The molecule has 0 aliphatic carbocycles. The minimum atomic E-state index is 1.02. The Balaban J connectivity index is 2.69. The van der Waals surface area contributed by atoms with Crippen molar-refractivity contribution in [2.24, 2.45) is 0 Å². The van der Waals surface area contributed by atoms with Gasteiger partial charge in [-0.2, -0.15) is 0 Å². The molecule has 1 aromatic rings. The van der Waals surface area contributed by atoms with Gasteiger partial charge in [-0.05, 0) is 55.5 Å². The topological polar surface area (TPSA) is 3.24 Å². The van der Waals surface area contributed by atoms with E-state index in [4.69, 9.17) is 0 Å². The Bertz CT molecular complexity index is 420. The molecular formula is C19H31N. The van der Waals surface area contributed by atoms with E-state index in [1.54, 1.807) is 0 Å². The van der Waals surface area contributed by atoms with Crippen molar-refractivity contribution < 1.29 is 0 Å². The molecular weight excluding hydrogens is 242 g/mol. The molecule has 0 aliphatic heterocycles. The van der Waals surface area contributed by atoms with Gasteiger partial charge in [-0.25, -0.2) is 0 Å². The molecule has 0 spiro atoms. The number of hydrogen-bond donors (Lipinski definition) is 0. The molecule has 0 fully saturated rings. The summed E-state index contributed by atoms with van der Waals surface area (Å²) in [6.45, 7) is 16.6. The number of hydrogen-bond acceptors (Lipinski definition) is 1. The summed E-state index contributed by atoms with van der Waals surface area (Å²) >= 11 is 0. The highest BCUT2D eigenvalue weighted by Gasteiger charge is 2.07. The summed E-state index contributed by atoms with van der Waals surface area (Å²) in [6.07, 6.45) is 4.47. The van der Waals surface area contributed by atoms with E-state index in [9.17, 15) is 0 Å². The highest BCUT2D eigenvalue weighted by Crippen LogP contribution is 2.17. The minimum absolute atomic E-state index is 1.02. The number of nitrogens with zero attached hydrogens (tertiary/aromatic N) is 1. The van der Waals surface area contributed by atoms with Gasteiger partial charge < -0.3 is 0 Å². The third-order valence-corrected chi connectivity index (χ3v) is 3.93. The van der Waals surface area contributed by atoms with Crippen molar-refractivity contribution in [3.63, 3.8) is 0 Å². The Morgan fingerprint density at radius 1 is 1.05 bits per heavy atom. The van der Waals surface area contributed by atoms with Crippen molar-refractivity contribution in [1.82, 2.24) is 4.90 Å². The maximum Gasteiger partial charge on any atom is 0.0193 e. The van der Waals surface area contributed by atoms with Crippen LogP contribution in [0.3, 0.4) is 0 Å². The van der Waals surface area contributed by atoms with E-state index in [0.29, 0.717) is 0 Å². The van der Waals surface area contributed by atoms with Crippen molar-refractivity contribution in [2.45, 2.75) is 53.4 Å². The molecule has 1 heteroatoms. The predicted octanol–water partition coefficient (Wildman–Crippen LogP) is 4.64. The Kier molecular flexibility index (Phi) is 7.61. The summed E-state index contributed by atoms with van der Waals surface area (Å²) in [5, 5.41) is 0. The number of aryl methyl sites for hydroxylation is 2. The van der Waals surface area contributed by atoms with E-state index in [-0.39, 0.29) is 0 Å². The highest BCUT2D eigenvalue weighted by molar-refractivity contribution is 5.34. The maximum atomic E-state index is 4.30. The van der Waals surface area contributed by atoms with Gasteiger partial charge in [0.05, 0.1) is 0 Å². The van der Waals surface area contributed by atoms with Gasteiger partial charge in [0.15, 0.2) is 0 Å². The van der Waals surface area contributed by atoms with Gasteiger partial charge in [-0.1, -0.05) is 58.0 Å². The fraction of sp³-hybridized carbons (Fsp3) is 0.579. The first-order valence-corrected chi connectivity index (χ1v) is 8.14.